The van der Waals surface area contributed by atoms with E-state index in [1.807, 2.05) is 0 Å². The van der Waals surface area contributed by atoms with Gasteiger partial charge < -0.3 is 9.64 Å². The molecule has 1 saturated heterocycles. The van der Waals surface area contributed by atoms with Crippen molar-refractivity contribution in [2.45, 2.75) is 24.3 Å². The van der Waals surface area contributed by atoms with Crippen molar-refractivity contribution in [2.24, 2.45) is 5.14 Å². The molecule has 2 N–H and O–H groups in total. The molecule has 0 spiro atoms. The van der Waals surface area contributed by atoms with E-state index in [0.29, 0.717) is 19.5 Å². The summed E-state index contributed by atoms with van der Waals surface area (Å²) in [5.74, 6) is -1.28. The Morgan fingerprint density at radius 1 is 1.48 bits per heavy atom. The van der Waals surface area contributed by atoms with Crippen molar-refractivity contribution in [2.75, 3.05) is 20.2 Å². The minimum absolute atomic E-state index is 0.0624. The molecule has 1 amide bonds. The van der Waals surface area contributed by atoms with Gasteiger partial charge in [-0.05, 0) is 31.0 Å². The number of amides is 1. The number of nitrogens with two attached hydrogens (primary N) is 1. The number of ether oxygens (including phenoxy) is 1. The van der Waals surface area contributed by atoms with Crippen LogP contribution in [-0.4, -0.2) is 45.5 Å². The molecule has 1 fully saturated rings. The van der Waals surface area contributed by atoms with Gasteiger partial charge in [-0.2, -0.15) is 0 Å². The van der Waals surface area contributed by atoms with Crippen LogP contribution in [0.2, 0.25) is 0 Å². The number of nitrogens with zero attached hydrogens (tertiary/aromatic N) is 1. The molecule has 0 bridgehead atoms. The molecule has 1 aliphatic rings. The summed E-state index contributed by atoms with van der Waals surface area (Å²) in [4.78, 5) is 13.5. The number of likely N-dealkylation sites (tertiary alicyclic amines) is 1. The Morgan fingerprint density at radius 3 is 2.67 bits per heavy atom. The van der Waals surface area contributed by atoms with E-state index in [9.17, 15) is 17.6 Å². The first kappa shape index (κ1) is 15.9. The standard InChI is InChI=1S/C13H17FN2O4S/c1-8-5-10(21(15,18)19)6-11(12(8)14)13(17)16-4-3-9(7-16)20-2/h5-6,9H,3-4,7H2,1-2H3,(H2,15,18,19). The molecular formula is C13H17FN2O4S. The topological polar surface area (TPSA) is 89.7 Å². The van der Waals surface area contributed by atoms with Gasteiger partial charge in [0.15, 0.2) is 0 Å². The number of sulfonamides is 1. The van der Waals surface area contributed by atoms with Crippen LogP contribution in [-0.2, 0) is 14.8 Å². The maximum Gasteiger partial charge on any atom is 0.256 e. The fourth-order valence-electron chi connectivity index (χ4n) is 2.33. The number of primary sulfonamides is 1. The molecule has 1 unspecified atom stereocenters. The van der Waals surface area contributed by atoms with Gasteiger partial charge in [-0.15, -0.1) is 0 Å². The second-order valence-electron chi connectivity index (χ2n) is 5.04. The Bertz CT molecular complexity index is 675. The van der Waals surface area contributed by atoms with E-state index in [1.54, 1.807) is 7.11 Å². The second-order valence-corrected chi connectivity index (χ2v) is 6.61. The molecule has 0 aliphatic carbocycles. The van der Waals surface area contributed by atoms with Crippen LogP contribution < -0.4 is 5.14 Å². The first-order valence-electron chi connectivity index (χ1n) is 6.39. The lowest BCUT2D eigenvalue weighted by atomic mass is 10.1. The number of halogens is 1. The Labute approximate surface area is 122 Å². The molecule has 21 heavy (non-hydrogen) atoms. The monoisotopic (exact) mass is 316 g/mol. The molecular weight excluding hydrogens is 299 g/mol. The summed E-state index contributed by atoms with van der Waals surface area (Å²) < 4.78 is 42.1. The summed E-state index contributed by atoms with van der Waals surface area (Å²) in [5, 5.41) is 5.05. The highest BCUT2D eigenvalue weighted by Crippen LogP contribution is 2.22. The third-order valence-corrected chi connectivity index (χ3v) is 4.45. The van der Waals surface area contributed by atoms with E-state index in [2.05, 4.69) is 0 Å². The van der Waals surface area contributed by atoms with Crippen LogP contribution >= 0.6 is 0 Å². The van der Waals surface area contributed by atoms with Gasteiger partial charge in [0, 0.05) is 20.2 Å². The molecule has 1 atom stereocenters. The van der Waals surface area contributed by atoms with Gasteiger partial charge in [0.2, 0.25) is 10.0 Å². The zero-order valence-corrected chi connectivity index (χ0v) is 12.6. The van der Waals surface area contributed by atoms with Gasteiger partial charge in [0.05, 0.1) is 16.6 Å². The van der Waals surface area contributed by atoms with Crippen LogP contribution in [0.1, 0.15) is 22.3 Å². The normalized spacial score (nSPS) is 19.0. The third-order valence-electron chi connectivity index (χ3n) is 3.55. The van der Waals surface area contributed by atoms with Crippen LogP contribution in [0.3, 0.4) is 0 Å². The van der Waals surface area contributed by atoms with Crippen molar-refractivity contribution < 1.29 is 22.3 Å². The fraction of sp³-hybridized carbons (Fsp3) is 0.462. The third kappa shape index (κ3) is 3.22. The van der Waals surface area contributed by atoms with Crippen molar-refractivity contribution in [1.82, 2.24) is 4.90 Å². The van der Waals surface area contributed by atoms with Gasteiger partial charge in [-0.3, -0.25) is 4.79 Å². The van der Waals surface area contributed by atoms with E-state index in [-0.39, 0.29) is 22.1 Å². The summed E-state index contributed by atoms with van der Waals surface area (Å²) >= 11 is 0. The van der Waals surface area contributed by atoms with Crippen molar-refractivity contribution in [1.29, 1.82) is 0 Å². The smallest absolute Gasteiger partial charge is 0.256 e. The largest absolute Gasteiger partial charge is 0.380 e. The molecule has 1 aliphatic heterocycles. The van der Waals surface area contributed by atoms with Crippen LogP contribution in [0.15, 0.2) is 17.0 Å². The summed E-state index contributed by atoms with van der Waals surface area (Å²) in [6.45, 7) is 2.19. The van der Waals surface area contributed by atoms with Crippen LogP contribution in [0.4, 0.5) is 4.39 Å². The molecule has 1 heterocycles. The van der Waals surface area contributed by atoms with E-state index < -0.39 is 21.7 Å². The van der Waals surface area contributed by atoms with Crippen LogP contribution in [0.5, 0.6) is 0 Å². The predicted molar refractivity (Wildman–Crippen MR) is 73.8 cm³/mol. The highest BCUT2D eigenvalue weighted by molar-refractivity contribution is 7.89. The van der Waals surface area contributed by atoms with E-state index >= 15 is 0 Å². The Morgan fingerprint density at radius 2 is 2.14 bits per heavy atom. The summed E-state index contributed by atoms with van der Waals surface area (Å²) in [6, 6.07) is 2.10. The van der Waals surface area contributed by atoms with Crippen molar-refractivity contribution in [3.8, 4) is 0 Å². The first-order valence-corrected chi connectivity index (χ1v) is 7.93. The number of hydrogen-bond donors (Lipinski definition) is 1. The Hall–Kier alpha value is -1.51. The average molecular weight is 316 g/mol. The van der Waals surface area contributed by atoms with Crippen molar-refractivity contribution in [3.05, 3.63) is 29.1 Å². The molecule has 0 radical (unpaired) electrons. The van der Waals surface area contributed by atoms with Gasteiger partial charge in [-0.1, -0.05) is 0 Å². The predicted octanol–water partition coefficient (Wildman–Crippen LogP) is 0.642. The molecule has 0 aromatic heterocycles. The summed E-state index contributed by atoms with van der Waals surface area (Å²) in [7, 11) is -2.45. The highest BCUT2D eigenvalue weighted by Gasteiger charge is 2.29. The van der Waals surface area contributed by atoms with Crippen molar-refractivity contribution >= 4 is 15.9 Å². The minimum Gasteiger partial charge on any atom is -0.380 e. The van der Waals surface area contributed by atoms with E-state index in [0.717, 1.165) is 12.1 Å². The number of carbonyl (C=O) groups excluding carboxylic acids is 1. The van der Waals surface area contributed by atoms with Crippen molar-refractivity contribution in [3.63, 3.8) is 0 Å². The summed E-state index contributed by atoms with van der Waals surface area (Å²) in [6.07, 6.45) is 0.581. The number of carbonyl (C=O) groups is 1. The molecule has 6 nitrogen and oxygen atoms in total. The van der Waals surface area contributed by atoms with Gasteiger partial charge in [0.25, 0.3) is 5.91 Å². The van der Waals surface area contributed by atoms with Gasteiger partial charge in [-0.25, -0.2) is 17.9 Å². The maximum atomic E-state index is 14.1. The van der Waals surface area contributed by atoms with Gasteiger partial charge >= 0.3 is 0 Å². The second kappa shape index (κ2) is 5.70. The summed E-state index contributed by atoms with van der Waals surface area (Å²) in [5.41, 5.74) is -0.219. The molecule has 2 rings (SSSR count). The molecule has 116 valence electrons. The van der Waals surface area contributed by atoms with Gasteiger partial charge in [0.1, 0.15) is 5.82 Å². The number of rotatable bonds is 3. The molecule has 1 aromatic rings. The van der Waals surface area contributed by atoms with Crippen LogP contribution in [0.25, 0.3) is 0 Å². The number of hydrogen-bond acceptors (Lipinski definition) is 4. The number of benzene rings is 1. The lowest BCUT2D eigenvalue weighted by molar-refractivity contribution is 0.0719. The zero-order chi connectivity index (χ0) is 15.8. The lowest BCUT2D eigenvalue weighted by Gasteiger charge is -2.17. The molecule has 8 heteroatoms. The van der Waals surface area contributed by atoms with E-state index in [4.69, 9.17) is 9.88 Å². The zero-order valence-electron chi connectivity index (χ0n) is 11.8. The first-order chi connectivity index (χ1) is 9.74. The lowest BCUT2D eigenvalue weighted by Crippen LogP contribution is -2.31. The van der Waals surface area contributed by atoms with Crippen LogP contribution in [0, 0.1) is 12.7 Å². The molecule has 1 aromatic carbocycles. The minimum atomic E-state index is -4.00. The number of aryl methyl sites for hydroxylation is 1. The quantitative estimate of drug-likeness (QED) is 0.886. The Balaban J connectivity index is 2.39. The SMILES string of the molecule is COC1CCN(C(=O)c2cc(S(N)(=O)=O)cc(C)c2F)C1. The average Bonchev–Trinajstić information content (AvgIpc) is 2.88. The fourth-order valence-corrected chi connectivity index (χ4v) is 2.95. The maximum absolute atomic E-state index is 14.1. The molecule has 0 saturated carbocycles. The highest BCUT2D eigenvalue weighted by atomic mass is 32.2. The van der Waals surface area contributed by atoms with E-state index in [1.165, 1.54) is 11.8 Å². The Kier molecular flexibility index (Phi) is 4.31. The number of methoxy groups -OCH3 is 1.